The summed E-state index contributed by atoms with van der Waals surface area (Å²) in [5.74, 6) is 3.08. The molecular formula is C17H17BrO4. The molecule has 0 aromatic carbocycles. The molecule has 116 valence electrons. The molecule has 6 saturated carbocycles. The lowest BCUT2D eigenvalue weighted by atomic mass is 9.71. The minimum absolute atomic E-state index is 0.247. The van der Waals surface area contributed by atoms with Crippen molar-refractivity contribution in [1.82, 2.24) is 0 Å². The van der Waals surface area contributed by atoms with Crippen molar-refractivity contribution in [3.05, 3.63) is 11.1 Å². The van der Waals surface area contributed by atoms with Crippen LogP contribution >= 0.6 is 15.9 Å². The van der Waals surface area contributed by atoms with E-state index >= 15 is 0 Å². The van der Waals surface area contributed by atoms with Crippen LogP contribution in [0.25, 0.3) is 0 Å². The first kappa shape index (κ1) is 12.6. The second kappa shape index (κ2) is 3.33. The summed E-state index contributed by atoms with van der Waals surface area (Å²) in [6.07, 6.45) is 1.30. The van der Waals surface area contributed by atoms with E-state index in [-0.39, 0.29) is 5.57 Å². The van der Waals surface area contributed by atoms with Gasteiger partial charge in [0.25, 0.3) is 5.79 Å². The number of rotatable bonds is 0. The van der Waals surface area contributed by atoms with Crippen LogP contribution in [0, 0.1) is 47.3 Å². The van der Waals surface area contributed by atoms with Crippen molar-refractivity contribution in [1.29, 1.82) is 0 Å². The molecule has 7 rings (SSSR count). The molecule has 0 amide bonds. The van der Waals surface area contributed by atoms with Crippen molar-refractivity contribution in [2.24, 2.45) is 47.3 Å². The van der Waals surface area contributed by atoms with E-state index in [1.165, 1.54) is 6.42 Å². The third-order valence-electron chi connectivity index (χ3n) is 7.45. The van der Waals surface area contributed by atoms with Crippen LogP contribution in [-0.4, -0.2) is 22.6 Å². The minimum atomic E-state index is -1.14. The molecule has 4 nitrogen and oxygen atoms in total. The molecule has 6 aliphatic carbocycles. The normalized spacial score (nSPS) is 58.2. The van der Waals surface area contributed by atoms with E-state index in [1.807, 2.05) is 0 Å². The number of carbonyl (C=O) groups excluding carboxylic acids is 2. The monoisotopic (exact) mass is 364 g/mol. The summed E-state index contributed by atoms with van der Waals surface area (Å²) < 4.78 is 10.7. The highest BCUT2D eigenvalue weighted by Gasteiger charge is 2.82. The van der Waals surface area contributed by atoms with Gasteiger partial charge in [-0.2, -0.15) is 0 Å². The number of hydrogen-bond acceptors (Lipinski definition) is 4. The summed E-state index contributed by atoms with van der Waals surface area (Å²) in [4.78, 5) is 25.6. The van der Waals surface area contributed by atoms with Gasteiger partial charge in [-0.15, -0.1) is 0 Å². The lowest BCUT2D eigenvalue weighted by molar-refractivity contribution is -0.222. The standard InChI is InChI=1S/C17H17BrO4/c1-17(2)21-15(19)13(16(20)22-17)11-6-4-3-5-7(6)12-10(11)8(4)9(5)14(12)18/h4-10,12,14H,3H2,1-2H3/t4-,5-,6-,7+,8+,9-,10-,12-,14+/m0/s1. The molecule has 9 atom stereocenters. The number of ether oxygens (including phenoxy) is 2. The zero-order chi connectivity index (χ0) is 15.1. The Labute approximate surface area is 136 Å². The van der Waals surface area contributed by atoms with E-state index in [2.05, 4.69) is 15.9 Å². The van der Waals surface area contributed by atoms with E-state index in [0.717, 1.165) is 17.4 Å². The number of allylic oxidation sites excluding steroid dienone is 1. The number of carbonyl (C=O) groups is 2. The largest absolute Gasteiger partial charge is 0.419 e. The fraction of sp³-hybridized carbons (Fsp3) is 0.765. The van der Waals surface area contributed by atoms with Crippen molar-refractivity contribution in [3.63, 3.8) is 0 Å². The van der Waals surface area contributed by atoms with E-state index < -0.39 is 17.7 Å². The van der Waals surface area contributed by atoms with Crippen LogP contribution in [-0.2, 0) is 19.1 Å². The van der Waals surface area contributed by atoms with Gasteiger partial charge in [0.1, 0.15) is 5.57 Å². The third kappa shape index (κ3) is 1.06. The van der Waals surface area contributed by atoms with Gasteiger partial charge in [0.05, 0.1) is 0 Å². The quantitative estimate of drug-likeness (QED) is 0.286. The lowest BCUT2D eigenvalue weighted by Gasteiger charge is -2.32. The summed E-state index contributed by atoms with van der Waals surface area (Å²) in [7, 11) is 0. The number of alkyl halides is 1. The molecule has 6 bridgehead atoms. The highest BCUT2D eigenvalue weighted by Crippen LogP contribution is 2.85. The summed E-state index contributed by atoms with van der Waals surface area (Å²) in [6.45, 7) is 3.22. The van der Waals surface area contributed by atoms with Gasteiger partial charge in [0.15, 0.2) is 0 Å². The maximum atomic E-state index is 12.5. The van der Waals surface area contributed by atoms with Crippen molar-refractivity contribution in [2.45, 2.75) is 30.9 Å². The van der Waals surface area contributed by atoms with Crippen LogP contribution in [0.15, 0.2) is 11.1 Å². The highest BCUT2D eigenvalue weighted by atomic mass is 79.9. The molecule has 0 radical (unpaired) electrons. The van der Waals surface area contributed by atoms with Crippen molar-refractivity contribution >= 4 is 27.9 Å². The maximum Gasteiger partial charge on any atom is 0.348 e. The smallest absolute Gasteiger partial charge is 0.348 e. The van der Waals surface area contributed by atoms with Crippen LogP contribution in [0.4, 0.5) is 0 Å². The number of halogens is 1. The zero-order valence-corrected chi connectivity index (χ0v) is 14.0. The number of hydrogen-bond donors (Lipinski definition) is 0. The lowest BCUT2D eigenvalue weighted by Crippen LogP contribution is -2.42. The molecular weight excluding hydrogens is 348 g/mol. The average molecular weight is 365 g/mol. The Morgan fingerprint density at radius 1 is 0.955 bits per heavy atom. The molecule has 0 aromatic heterocycles. The number of esters is 2. The first-order chi connectivity index (χ1) is 10.4. The first-order valence-corrected chi connectivity index (χ1v) is 9.17. The molecule has 0 unspecified atom stereocenters. The molecule has 0 N–H and O–H groups in total. The predicted octanol–water partition coefficient (Wildman–Crippen LogP) is 2.27. The van der Waals surface area contributed by atoms with Gasteiger partial charge in [-0.1, -0.05) is 15.9 Å². The van der Waals surface area contributed by atoms with Crippen molar-refractivity contribution in [2.75, 3.05) is 0 Å². The van der Waals surface area contributed by atoms with Gasteiger partial charge >= 0.3 is 11.9 Å². The summed E-state index contributed by atoms with van der Waals surface area (Å²) in [5.41, 5.74) is 1.36. The molecule has 1 aliphatic heterocycles. The van der Waals surface area contributed by atoms with Crippen LogP contribution in [0.5, 0.6) is 0 Å². The zero-order valence-electron chi connectivity index (χ0n) is 12.4. The maximum absolute atomic E-state index is 12.5. The topological polar surface area (TPSA) is 52.6 Å². The van der Waals surface area contributed by atoms with Gasteiger partial charge in [-0.25, -0.2) is 9.59 Å². The Morgan fingerprint density at radius 2 is 1.59 bits per heavy atom. The van der Waals surface area contributed by atoms with E-state index in [4.69, 9.17) is 9.47 Å². The van der Waals surface area contributed by atoms with Crippen LogP contribution in [0.3, 0.4) is 0 Å². The molecule has 7 fully saturated rings. The van der Waals surface area contributed by atoms with Gasteiger partial charge in [-0.05, 0) is 59.3 Å². The second-order valence-electron chi connectivity index (χ2n) is 8.38. The van der Waals surface area contributed by atoms with Gasteiger partial charge in [0, 0.05) is 18.7 Å². The summed E-state index contributed by atoms with van der Waals surface area (Å²) in [5, 5.41) is 0. The molecule has 7 aliphatic rings. The highest BCUT2D eigenvalue weighted by molar-refractivity contribution is 9.09. The minimum Gasteiger partial charge on any atom is -0.419 e. The Hall–Kier alpha value is -0.840. The molecule has 1 saturated heterocycles. The fourth-order valence-electron chi connectivity index (χ4n) is 7.49. The fourth-order valence-corrected chi connectivity index (χ4v) is 8.92. The summed E-state index contributed by atoms with van der Waals surface area (Å²) in [6, 6.07) is 0. The Morgan fingerprint density at radius 3 is 2.23 bits per heavy atom. The molecule has 0 aromatic rings. The summed E-state index contributed by atoms with van der Waals surface area (Å²) >= 11 is 3.93. The Kier molecular flexibility index (Phi) is 1.90. The third-order valence-corrected chi connectivity index (χ3v) is 8.67. The first-order valence-electron chi connectivity index (χ1n) is 8.25. The van der Waals surface area contributed by atoms with E-state index in [1.54, 1.807) is 13.8 Å². The molecule has 22 heavy (non-hydrogen) atoms. The van der Waals surface area contributed by atoms with Crippen LogP contribution in [0.2, 0.25) is 0 Å². The SMILES string of the molecule is CC1(C)OC(=O)C(=C2[C@H]3[C@@H]4C[C@H]5[C@H]3[C@@H]3[C@H](Br)[C@@H]5[C@@H]4[C@@H]23)C(=O)O1. The average Bonchev–Trinajstić information content (AvgIpc) is 3.10. The van der Waals surface area contributed by atoms with E-state index in [9.17, 15) is 9.59 Å². The van der Waals surface area contributed by atoms with Gasteiger partial charge < -0.3 is 9.47 Å². The van der Waals surface area contributed by atoms with Gasteiger partial charge in [0.2, 0.25) is 0 Å². The van der Waals surface area contributed by atoms with Gasteiger partial charge in [-0.3, -0.25) is 0 Å². The Balaban J connectivity index is 1.54. The molecule has 5 heteroatoms. The number of cyclic esters (lactones) is 2. The van der Waals surface area contributed by atoms with Crippen molar-refractivity contribution in [3.8, 4) is 0 Å². The molecule has 0 spiro atoms. The van der Waals surface area contributed by atoms with E-state index in [0.29, 0.717) is 40.3 Å². The second-order valence-corrected chi connectivity index (χ2v) is 9.44. The molecule has 1 heterocycles. The van der Waals surface area contributed by atoms with Crippen molar-refractivity contribution < 1.29 is 19.1 Å². The van der Waals surface area contributed by atoms with Crippen LogP contribution < -0.4 is 0 Å². The predicted molar refractivity (Wildman–Crippen MR) is 78.5 cm³/mol. The Bertz CT molecular complexity index is 671. The van der Waals surface area contributed by atoms with Crippen LogP contribution in [0.1, 0.15) is 20.3 Å².